The van der Waals surface area contributed by atoms with Gasteiger partial charge in [-0.1, -0.05) is 12.1 Å². The molecule has 2 nitrogen and oxygen atoms in total. The number of rotatable bonds is 5. The summed E-state index contributed by atoms with van der Waals surface area (Å²) in [6, 6.07) is 8.68. The maximum absolute atomic E-state index is 10.9. The van der Waals surface area contributed by atoms with E-state index in [1.54, 1.807) is 6.92 Å². The van der Waals surface area contributed by atoms with Crippen LogP contribution in [-0.4, -0.2) is 10.4 Å². The van der Waals surface area contributed by atoms with E-state index in [2.05, 4.69) is 42.0 Å². The minimum absolute atomic E-state index is 0.290. The van der Waals surface area contributed by atoms with E-state index in [1.807, 2.05) is 0 Å². The molecule has 0 radical (unpaired) electrons. The van der Waals surface area contributed by atoms with Crippen LogP contribution in [-0.2, 0) is 11.3 Å². The largest absolute Gasteiger partial charge is 0.347 e. The maximum Gasteiger partial charge on any atom is 0.129 e. The van der Waals surface area contributed by atoms with Crippen molar-refractivity contribution in [3.05, 3.63) is 36.0 Å². The molecule has 0 saturated carbocycles. The summed E-state index contributed by atoms with van der Waals surface area (Å²) in [5.74, 6) is 0.290. The quantitative estimate of drug-likeness (QED) is 0.716. The number of carbonyl (C=O) groups is 1. The third kappa shape index (κ3) is 2.96. The van der Waals surface area contributed by atoms with Crippen LogP contribution in [0.25, 0.3) is 10.9 Å². The highest BCUT2D eigenvalue weighted by atomic mass is 16.1. The molecule has 0 bridgehead atoms. The fourth-order valence-corrected chi connectivity index (χ4v) is 2.15. The van der Waals surface area contributed by atoms with Crippen molar-refractivity contribution in [2.75, 3.05) is 0 Å². The second kappa shape index (κ2) is 5.17. The molecule has 0 aliphatic heterocycles. The van der Waals surface area contributed by atoms with Gasteiger partial charge in [-0.05, 0) is 49.8 Å². The average molecular weight is 229 g/mol. The van der Waals surface area contributed by atoms with Crippen molar-refractivity contribution in [1.82, 2.24) is 4.57 Å². The third-order valence-electron chi connectivity index (χ3n) is 3.11. The van der Waals surface area contributed by atoms with Crippen LogP contribution in [0.5, 0.6) is 0 Å². The van der Waals surface area contributed by atoms with Crippen LogP contribution in [0.2, 0.25) is 0 Å². The summed E-state index contributed by atoms with van der Waals surface area (Å²) in [5.41, 5.74) is 2.59. The monoisotopic (exact) mass is 229 g/mol. The predicted octanol–water partition coefficient (Wildman–Crippen LogP) is 3.71. The number of carbonyl (C=O) groups excluding carboxylic acids is 1. The van der Waals surface area contributed by atoms with E-state index >= 15 is 0 Å². The molecule has 0 amide bonds. The average Bonchev–Trinajstić information content (AvgIpc) is 2.67. The summed E-state index contributed by atoms with van der Waals surface area (Å²) in [6.45, 7) is 4.78. The number of nitrogens with zero attached hydrogens (tertiary/aromatic N) is 1. The van der Waals surface area contributed by atoms with Crippen LogP contribution < -0.4 is 0 Å². The van der Waals surface area contributed by atoms with Crippen molar-refractivity contribution in [2.24, 2.45) is 0 Å². The Hall–Kier alpha value is -1.57. The molecule has 0 fully saturated rings. The smallest absolute Gasteiger partial charge is 0.129 e. The maximum atomic E-state index is 10.9. The van der Waals surface area contributed by atoms with Gasteiger partial charge in [-0.15, -0.1) is 0 Å². The molecule has 0 aliphatic rings. The Balaban J connectivity index is 2.03. The molecular formula is C15H19NO. The lowest BCUT2D eigenvalue weighted by Gasteiger charge is -2.05. The van der Waals surface area contributed by atoms with Crippen molar-refractivity contribution >= 4 is 16.7 Å². The lowest BCUT2D eigenvalue weighted by atomic mass is 10.2. The van der Waals surface area contributed by atoms with E-state index in [-0.39, 0.29) is 0 Å². The number of unbranched alkanes of at least 4 members (excludes halogenated alkanes) is 1. The Morgan fingerprint density at radius 1 is 1.24 bits per heavy atom. The third-order valence-corrected chi connectivity index (χ3v) is 3.11. The number of aryl methyl sites for hydroxylation is 2. The van der Waals surface area contributed by atoms with Gasteiger partial charge >= 0.3 is 0 Å². The van der Waals surface area contributed by atoms with Crippen molar-refractivity contribution in [3.8, 4) is 0 Å². The summed E-state index contributed by atoms with van der Waals surface area (Å²) >= 11 is 0. The van der Waals surface area contributed by atoms with Crippen LogP contribution in [0.15, 0.2) is 30.5 Å². The van der Waals surface area contributed by atoms with E-state index < -0.39 is 0 Å². The highest BCUT2D eigenvalue weighted by Crippen LogP contribution is 2.18. The fraction of sp³-hybridized carbons (Fsp3) is 0.400. The molecule has 2 aromatic rings. The number of fused-ring (bicyclic) bond motifs is 1. The molecule has 0 spiro atoms. The number of hydrogen-bond acceptors (Lipinski definition) is 1. The van der Waals surface area contributed by atoms with Gasteiger partial charge in [-0.3, -0.25) is 0 Å². The molecule has 2 heteroatoms. The molecule has 1 aromatic heterocycles. The number of aromatic nitrogens is 1. The van der Waals surface area contributed by atoms with Gasteiger partial charge in [0.05, 0.1) is 0 Å². The SMILES string of the molecule is CC(=O)CCCCn1ccc2ccc(C)cc21. The standard InChI is InChI=1S/C15H19NO/c1-12-6-7-14-8-10-16(15(14)11-12)9-4-3-5-13(2)17/h6-8,10-11H,3-5,9H2,1-2H3. The van der Waals surface area contributed by atoms with E-state index in [9.17, 15) is 4.79 Å². The zero-order valence-electron chi connectivity index (χ0n) is 10.6. The van der Waals surface area contributed by atoms with E-state index in [4.69, 9.17) is 0 Å². The molecule has 1 aromatic carbocycles. The zero-order valence-corrected chi connectivity index (χ0v) is 10.6. The van der Waals surface area contributed by atoms with Crippen LogP contribution in [0.1, 0.15) is 31.7 Å². The molecule has 0 saturated heterocycles. The Kier molecular flexibility index (Phi) is 3.62. The Morgan fingerprint density at radius 3 is 2.82 bits per heavy atom. The van der Waals surface area contributed by atoms with Gasteiger partial charge in [0.15, 0.2) is 0 Å². The first-order valence-electron chi connectivity index (χ1n) is 6.22. The van der Waals surface area contributed by atoms with Crippen LogP contribution >= 0.6 is 0 Å². The summed E-state index contributed by atoms with van der Waals surface area (Å²) in [5, 5.41) is 1.29. The summed E-state index contributed by atoms with van der Waals surface area (Å²) in [4.78, 5) is 10.9. The van der Waals surface area contributed by atoms with Gasteiger partial charge in [-0.2, -0.15) is 0 Å². The lowest BCUT2D eigenvalue weighted by Crippen LogP contribution is -1.98. The van der Waals surface area contributed by atoms with E-state index in [0.717, 1.165) is 19.4 Å². The van der Waals surface area contributed by atoms with Gasteiger partial charge in [0.25, 0.3) is 0 Å². The molecule has 0 N–H and O–H groups in total. The fourth-order valence-electron chi connectivity index (χ4n) is 2.15. The summed E-state index contributed by atoms with van der Waals surface area (Å²) in [7, 11) is 0. The van der Waals surface area contributed by atoms with Crippen molar-refractivity contribution in [3.63, 3.8) is 0 Å². The highest BCUT2D eigenvalue weighted by molar-refractivity contribution is 5.80. The van der Waals surface area contributed by atoms with Crippen molar-refractivity contribution in [2.45, 2.75) is 39.7 Å². The van der Waals surface area contributed by atoms with Crippen molar-refractivity contribution < 1.29 is 4.79 Å². The molecule has 2 rings (SSSR count). The number of hydrogen-bond donors (Lipinski definition) is 0. The topological polar surface area (TPSA) is 22.0 Å². The van der Waals surface area contributed by atoms with Gasteiger partial charge in [0.1, 0.15) is 5.78 Å². The summed E-state index contributed by atoms with van der Waals surface area (Å²) in [6.07, 6.45) is 4.90. The summed E-state index contributed by atoms with van der Waals surface area (Å²) < 4.78 is 2.28. The number of benzene rings is 1. The minimum atomic E-state index is 0.290. The normalized spacial score (nSPS) is 10.9. The van der Waals surface area contributed by atoms with Crippen LogP contribution in [0.3, 0.4) is 0 Å². The zero-order chi connectivity index (χ0) is 12.3. The molecule has 0 aliphatic carbocycles. The predicted molar refractivity (Wildman–Crippen MR) is 71.2 cm³/mol. The first-order chi connectivity index (χ1) is 8.16. The highest BCUT2D eigenvalue weighted by Gasteiger charge is 2.01. The van der Waals surface area contributed by atoms with E-state index in [0.29, 0.717) is 12.2 Å². The molecule has 1 heterocycles. The van der Waals surface area contributed by atoms with Gasteiger partial charge in [-0.25, -0.2) is 0 Å². The first-order valence-corrected chi connectivity index (χ1v) is 6.22. The minimum Gasteiger partial charge on any atom is -0.347 e. The molecule has 17 heavy (non-hydrogen) atoms. The second-order valence-electron chi connectivity index (χ2n) is 4.73. The van der Waals surface area contributed by atoms with E-state index in [1.165, 1.54) is 16.5 Å². The molecular weight excluding hydrogens is 210 g/mol. The molecule has 90 valence electrons. The Labute approximate surface area is 102 Å². The van der Waals surface area contributed by atoms with Crippen LogP contribution in [0.4, 0.5) is 0 Å². The Morgan fingerprint density at radius 2 is 2.06 bits per heavy atom. The number of ketones is 1. The van der Waals surface area contributed by atoms with Gasteiger partial charge in [0.2, 0.25) is 0 Å². The van der Waals surface area contributed by atoms with Gasteiger partial charge < -0.3 is 9.36 Å². The number of Topliss-reactive ketones (excluding diaryl/α,β-unsaturated/α-hetero) is 1. The molecule has 0 unspecified atom stereocenters. The van der Waals surface area contributed by atoms with Gasteiger partial charge in [0, 0.05) is 24.7 Å². The Bertz CT molecular complexity index is 525. The first kappa shape index (κ1) is 11.9. The van der Waals surface area contributed by atoms with Crippen molar-refractivity contribution in [1.29, 1.82) is 0 Å². The lowest BCUT2D eigenvalue weighted by molar-refractivity contribution is -0.117. The van der Waals surface area contributed by atoms with Crippen LogP contribution in [0, 0.1) is 6.92 Å². The second-order valence-corrected chi connectivity index (χ2v) is 4.73. The molecule has 0 atom stereocenters.